The number of benzene rings is 3. The maximum atomic E-state index is 11.6. The number of fused-ring (bicyclic) bond motifs is 2. The molecule has 2 heterocycles. The van der Waals surface area contributed by atoms with Crippen molar-refractivity contribution in [2.24, 2.45) is 0 Å². The lowest BCUT2D eigenvalue weighted by atomic mass is 9.81. The minimum atomic E-state index is -1.18. The molecule has 5 rings (SSSR count). The van der Waals surface area contributed by atoms with Crippen molar-refractivity contribution < 1.29 is 24.4 Å². The lowest BCUT2D eigenvalue weighted by Crippen LogP contribution is -2.27. The van der Waals surface area contributed by atoms with Gasteiger partial charge in [0, 0.05) is 41.6 Å². The third kappa shape index (κ3) is 5.25. The Morgan fingerprint density at radius 3 is 2.21 bits per heavy atom. The second-order valence-electron chi connectivity index (χ2n) is 12.1. The summed E-state index contributed by atoms with van der Waals surface area (Å²) in [6.45, 7) is 8.42. The van der Waals surface area contributed by atoms with Crippen LogP contribution in [0.2, 0.25) is 0 Å². The zero-order valence-electron chi connectivity index (χ0n) is 25.4. The Morgan fingerprint density at radius 2 is 1.53 bits per heavy atom. The van der Waals surface area contributed by atoms with E-state index >= 15 is 0 Å². The van der Waals surface area contributed by atoms with Crippen molar-refractivity contribution >= 4 is 34.6 Å². The standard InChI is InChI=1S/C37H36N2O4/c1-36(2)28-22-26(34(40)41)18-20-30(28)38(5)32(36)16-10-14-25(24-12-8-7-9-13-24)15-11-17-33-37(3,4)29-23-27(35(42)43)19-21-31(29)39(33)6/h7-23H,1-6H3,(H-,40,41,42,43). The largest absolute Gasteiger partial charge is 0.545 e. The van der Waals surface area contributed by atoms with Gasteiger partial charge in [0.15, 0.2) is 5.71 Å². The van der Waals surface area contributed by atoms with Crippen molar-refractivity contribution in [3.05, 3.63) is 137 Å². The molecule has 0 aliphatic carbocycles. The van der Waals surface area contributed by atoms with E-state index in [4.69, 9.17) is 0 Å². The van der Waals surface area contributed by atoms with Gasteiger partial charge in [-0.3, -0.25) is 0 Å². The Balaban J connectivity index is 1.47. The van der Waals surface area contributed by atoms with Crippen LogP contribution in [-0.2, 0) is 10.8 Å². The number of carboxylic acids is 2. The highest BCUT2D eigenvalue weighted by molar-refractivity contribution is 6.04. The molecule has 1 N–H and O–H groups in total. The van der Waals surface area contributed by atoms with Gasteiger partial charge in [-0.15, -0.1) is 0 Å². The predicted molar refractivity (Wildman–Crippen MR) is 170 cm³/mol. The van der Waals surface area contributed by atoms with Crippen molar-refractivity contribution in [1.29, 1.82) is 0 Å². The van der Waals surface area contributed by atoms with Crippen LogP contribution in [-0.4, -0.2) is 41.4 Å². The number of anilines is 1. The number of hydrogen-bond acceptors (Lipinski definition) is 4. The number of rotatable bonds is 7. The zero-order valence-corrected chi connectivity index (χ0v) is 25.4. The Labute approximate surface area is 252 Å². The summed E-state index contributed by atoms with van der Waals surface area (Å²) < 4.78 is 2.10. The average molecular weight is 573 g/mol. The molecule has 0 saturated carbocycles. The van der Waals surface area contributed by atoms with Crippen LogP contribution in [0.15, 0.2) is 109 Å². The van der Waals surface area contributed by atoms with E-state index < -0.39 is 11.9 Å². The monoisotopic (exact) mass is 572 g/mol. The molecule has 0 radical (unpaired) electrons. The Bertz CT molecular complexity index is 1790. The van der Waals surface area contributed by atoms with Gasteiger partial charge < -0.3 is 19.9 Å². The third-order valence-electron chi connectivity index (χ3n) is 8.72. The van der Waals surface area contributed by atoms with Crippen LogP contribution in [0.25, 0.3) is 5.57 Å². The first-order valence-corrected chi connectivity index (χ1v) is 14.2. The molecule has 3 aromatic rings. The molecule has 0 atom stereocenters. The van der Waals surface area contributed by atoms with Crippen LogP contribution in [0, 0.1) is 0 Å². The molecule has 0 saturated heterocycles. The van der Waals surface area contributed by atoms with Gasteiger partial charge in [0.1, 0.15) is 7.05 Å². The summed E-state index contributed by atoms with van der Waals surface area (Å²) in [7, 11) is 4.01. The number of carboxylic acid groups (broad SMARTS) is 2. The van der Waals surface area contributed by atoms with Crippen molar-refractivity contribution in [2.75, 3.05) is 19.0 Å². The molecule has 43 heavy (non-hydrogen) atoms. The summed E-state index contributed by atoms with van der Waals surface area (Å²) in [4.78, 5) is 25.2. The summed E-state index contributed by atoms with van der Waals surface area (Å²) in [5, 5.41) is 21.0. The Kier molecular flexibility index (Phi) is 7.57. The molecule has 0 spiro atoms. The fourth-order valence-electron chi connectivity index (χ4n) is 6.30. The van der Waals surface area contributed by atoms with E-state index in [0.717, 1.165) is 45.0 Å². The van der Waals surface area contributed by atoms with Crippen molar-refractivity contribution in [2.45, 2.75) is 38.5 Å². The molecular weight excluding hydrogens is 536 g/mol. The number of nitrogens with zero attached hydrogens (tertiary/aromatic N) is 2. The van der Waals surface area contributed by atoms with Crippen LogP contribution < -0.4 is 10.0 Å². The summed E-state index contributed by atoms with van der Waals surface area (Å²) in [5.41, 5.74) is 7.86. The van der Waals surface area contributed by atoms with Crippen LogP contribution in [0.3, 0.4) is 0 Å². The SMILES string of the molecule is CN1C(=CC=CC(=CC=CC2=[N+](C)c3ccc(C(=O)[O-])cc3C2(C)C)c2ccccc2)C(C)(C)c2cc(C(=O)O)ccc21. The second-order valence-corrected chi connectivity index (χ2v) is 12.1. The van der Waals surface area contributed by atoms with Crippen molar-refractivity contribution in [1.82, 2.24) is 0 Å². The zero-order chi connectivity index (χ0) is 31.1. The van der Waals surface area contributed by atoms with Gasteiger partial charge in [-0.1, -0.05) is 68.5 Å². The van der Waals surface area contributed by atoms with Gasteiger partial charge in [-0.25, -0.2) is 4.79 Å². The molecule has 0 unspecified atom stereocenters. The third-order valence-corrected chi connectivity index (χ3v) is 8.72. The van der Waals surface area contributed by atoms with Crippen LogP contribution in [0.1, 0.15) is 65.1 Å². The van der Waals surface area contributed by atoms with Crippen molar-refractivity contribution in [3.8, 4) is 0 Å². The van der Waals surface area contributed by atoms with E-state index in [2.05, 4.69) is 73.6 Å². The van der Waals surface area contributed by atoms with Gasteiger partial charge in [0.2, 0.25) is 5.69 Å². The lowest BCUT2D eigenvalue weighted by Gasteiger charge is -2.23. The van der Waals surface area contributed by atoms with Crippen LogP contribution in [0.5, 0.6) is 0 Å². The lowest BCUT2D eigenvalue weighted by molar-refractivity contribution is -0.401. The minimum Gasteiger partial charge on any atom is -0.545 e. The molecule has 3 aromatic carbocycles. The molecule has 0 aromatic heterocycles. The van der Waals surface area contributed by atoms with E-state index in [1.807, 2.05) is 56.6 Å². The number of carbonyl (C=O) groups excluding carboxylic acids is 1. The number of carbonyl (C=O) groups is 2. The highest BCUT2D eigenvalue weighted by Gasteiger charge is 2.43. The minimum absolute atomic E-state index is 0.178. The maximum absolute atomic E-state index is 11.6. The van der Waals surface area contributed by atoms with Gasteiger partial charge in [0.05, 0.1) is 16.9 Å². The highest BCUT2D eigenvalue weighted by atomic mass is 16.4. The van der Waals surface area contributed by atoms with E-state index in [1.165, 1.54) is 0 Å². The average Bonchev–Trinajstić information content (AvgIpc) is 3.29. The molecule has 218 valence electrons. The summed E-state index contributed by atoms with van der Waals surface area (Å²) in [6.07, 6.45) is 12.4. The number of likely N-dealkylation sites (N-methyl/N-ethyl adjacent to an activating group) is 1. The fourth-order valence-corrected chi connectivity index (χ4v) is 6.30. The number of aromatic carboxylic acids is 2. The molecule has 0 amide bonds. The molecule has 2 aliphatic heterocycles. The second kappa shape index (κ2) is 11.0. The first-order valence-electron chi connectivity index (χ1n) is 14.2. The number of allylic oxidation sites excluding steroid dienone is 8. The normalized spacial score (nSPS) is 18.1. The fraction of sp³-hybridized carbons (Fsp3) is 0.216. The van der Waals surface area contributed by atoms with Gasteiger partial charge >= 0.3 is 5.97 Å². The smallest absolute Gasteiger partial charge is 0.335 e. The van der Waals surface area contributed by atoms with Crippen LogP contribution >= 0.6 is 0 Å². The van der Waals surface area contributed by atoms with E-state index in [1.54, 1.807) is 24.3 Å². The summed E-state index contributed by atoms with van der Waals surface area (Å²) in [6, 6.07) is 20.6. The molecular formula is C37H36N2O4. The predicted octanol–water partition coefficient (Wildman–Crippen LogP) is 6.26. The number of hydrogen-bond donors (Lipinski definition) is 1. The summed E-state index contributed by atoms with van der Waals surface area (Å²) >= 11 is 0. The van der Waals surface area contributed by atoms with Gasteiger partial charge in [-0.2, -0.15) is 4.58 Å². The van der Waals surface area contributed by atoms with Gasteiger partial charge in [-0.05, 0) is 72.5 Å². The van der Waals surface area contributed by atoms with E-state index in [0.29, 0.717) is 0 Å². The Hall–Kier alpha value is -4.97. The molecule has 6 nitrogen and oxygen atoms in total. The topological polar surface area (TPSA) is 83.7 Å². The van der Waals surface area contributed by atoms with Crippen LogP contribution in [0.4, 0.5) is 11.4 Å². The highest BCUT2D eigenvalue weighted by Crippen LogP contribution is 2.47. The summed E-state index contributed by atoms with van der Waals surface area (Å²) in [5.74, 6) is -2.11. The molecule has 2 aliphatic rings. The first-order chi connectivity index (χ1) is 20.3. The van der Waals surface area contributed by atoms with E-state index in [9.17, 15) is 19.8 Å². The molecule has 0 fully saturated rings. The van der Waals surface area contributed by atoms with E-state index in [-0.39, 0.29) is 22.0 Å². The molecule has 0 bridgehead atoms. The Morgan fingerprint density at radius 1 is 0.860 bits per heavy atom. The first kappa shape index (κ1) is 29.5. The maximum Gasteiger partial charge on any atom is 0.335 e. The van der Waals surface area contributed by atoms with Gasteiger partial charge in [0.25, 0.3) is 0 Å². The molecule has 6 heteroatoms. The quantitative estimate of drug-likeness (QED) is 0.267. The van der Waals surface area contributed by atoms with Crippen molar-refractivity contribution in [3.63, 3.8) is 0 Å².